The summed E-state index contributed by atoms with van der Waals surface area (Å²) in [7, 11) is 7.55. The molecule has 0 aliphatic carbocycles. The van der Waals surface area contributed by atoms with Gasteiger partial charge in [-0.2, -0.15) is 0 Å². The molecule has 0 saturated heterocycles. The van der Waals surface area contributed by atoms with E-state index in [9.17, 15) is 0 Å². The largest absolute Gasteiger partial charge is 0.493 e. The SMILES string of the molecule is COc1cc2c(-c3ccc(-c4ccccc4)cc3)cc(-c3ccccc3)c(N(C)C)c2cc1OC. The maximum atomic E-state index is 5.69. The molecule has 3 heteroatoms. The molecule has 0 saturated carbocycles. The summed E-state index contributed by atoms with van der Waals surface area (Å²) in [5.41, 5.74) is 8.23. The van der Waals surface area contributed by atoms with E-state index in [2.05, 4.69) is 116 Å². The Labute approximate surface area is 207 Å². The fourth-order valence-corrected chi connectivity index (χ4v) is 4.76. The van der Waals surface area contributed by atoms with Crippen molar-refractivity contribution >= 4 is 16.5 Å². The highest BCUT2D eigenvalue weighted by molar-refractivity contribution is 6.10. The van der Waals surface area contributed by atoms with Gasteiger partial charge in [-0.3, -0.25) is 0 Å². The molecule has 0 bridgehead atoms. The molecule has 0 heterocycles. The third-order valence-electron chi connectivity index (χ3n) is 6.45. The zero-order valence-corrected chi connectivity index (χ0v) is 20.6. The minimum atomic E-state index is 0.721. The fourth-order valence-electron chi connectivity index (χ4n) is 4.76. The Hall–Kier alpha value is -4.24. The number of hydrogen-bond acceptors (Lipinski definition) is 3. The van der Waals surface area contributed by atoms with Gasteiger partial charge < -0.3 is 14.4 Å². The Kier molecular flexibility index (Phi) is 6.15. The maximum Gasteiger partial charge on any atom is 0.161 e. The predicted molar refractivity (Wildman–Crippen MR) is 148 cm³/mol. The molecule has 0 spiro atoms. The molecule has 0 amide bonds. The van der Waals surface area contributed by atoms with Gasteiger partial charge in [0.1, 0.15) is 0 Å². The number of hydrogen-bond donors (Lipinski definition) is 0. The Morgan fingerprint density at radius 2 is 0.943 bits per heavy atom. The van der Waals surface area contributed by atoms with Crippen LogP contribution in [0.4, 0.5) is 5.69 Å². The first-order valence-electron chi connectivity index (χ1n) is 11.7. The number of methoxy groups -OCH3 is 2. The van der Waals surface area contributed by atoms with Crippen LogP contribution in [0.3, 0.4) is 0 Å². The topological polar surface area (TPSA) is 21.7 Å². The molecule has 0 fully saturated rings. The normalized spacial score (nSPS) is 10.9. The predicted octanol–water partition coefficient (Wildman–Crippen LogP) is 7.92. The number of benzene rings is 5. The van der Waals surface area contributed by atoms with Crippen LogP contribution in [0.5, 0.6) is 11.5 Å². The van der Waals surface area contributed by atoms with Gasteiger partial charge in [0.05, 0.1) is 19.9 Å². The van der Waals surface area contributed by atoms with Crippen molar-refractivity contribution in [2.75, 3.05) is 33.2 Å². The number of fused-ring (bicyclic) bond motifs is 1. The van der Waals surface area contributed by atoms with Crippen LogP contribution < -0.4 is 14.4 Å². The van der Waals surface area contributed by atoms with Gasteiger partial charge >= 0.3 is 0 Å². The molecule has 5 aromatic carbocycles. The minimum absolute atomic E-state index is 0.721. The fraction of sp³-hybridized carbons (Fsp3) is 0.125. The molecular weight excluding hydrogens is 430 g/mol. The van der Waals surface area contributed by atoms with Crippen molar-refractivity contribution in [3.05, 3.63) is 103 Å². The second kappa shape index (κ2) is 9.55. The van der Waals surface area contributed by atoms with Gasteiger partial charge in [0.25, 0.3) is 0 Å². The van der Waals surface area contributed by atoms with E-state index in [0.29, 0.717) is 0 Å². The quantitative estimate of drug-likeness (QED) is 0.257. The zero-order chi connectivity index (χ0) is 24.4. The van der Waals surface area contributed by atoms with E-state index in [0.717, 1.165) is 39.1 Å². The van der Waals surface area contributed by atoms with Crippen LogP contribution >= 0.6 is 0 Å². The molecule has 0 aliphatic rings. The van der Waals surface area contributed by atoms with Gasteiger partial charge in [-0.15, -0.1) is 0 Å². The lowest BCUT2D eigenvalue weighted by Gasteiger charge is -2.24. The van der Waals surface area contributed by atoms with Gasteiger partial charge in [0.15, 0.2) is 11.5 Å². The molecule has 174 valence electrons. The van der Waals surface area contributed by atoms with Gasteiger partial charge in [-0.25, -0.2) is 0 Å². The summed E-state index contributed by atoms with van der Waals surface area (Å²) in [5.74, 6) is 1.44. The second-order valence-electron chi connectivity index (χ2n) is 8.78. The van der Waals surface area contributed by atoms with E-state index in [4.69, 9.17) is 9.47 Å². The van der Waals surface area contributed by atoms with Crippen molar-refractivity contribution < 1.29 is 9.47 Å². The van der Waals surface area contributed by atoms with Crippen molar-refractivity contribution in [3.63, 3.8) is 0 Å². The first-order chi connectivity index (χ1) is 17.1. The summed E-state index contributed by atoms with van der Waals surface area (Å²) in [6, 6.07) is 36.3. The summed E-state index contributed by atoms with van der Waals surface area (Å²) in [6.45, 7) is 0. The number of rotatable bonds is 6. The lowest BCUT2D eigenvalue weighted by atomic mass is 9.90. The molecule has 0 radical (unpaired) electrons. The lowest BCUT2D eigenvalue weighted by molar-refractivity contribution is 0.356. The third kappa shape index (κ3) is 4.22. The van der Waals surface area contributed by atoms with Gasteiger partial charge in [0, 0.05) is 25.0 Å². The number of ether oxygens (including phenoxy) is 2. The molecule has 0 aliphatic heterocycles. The minimum Gasteiger partial charge on any atom is -0.493 e. The van der Waals surface area contributed by atoms with Crippen molar-refractivity contribution in [2.24, 2.45) is 0 Å². The first-order valence-corrected chi connectivity index (χ1v) is 11.7. The van der Waals surface area contributed by atoms with E-state index in [1.165, 1.54) is 22.3 Å². The van der Waals surface area contributed by atoms with Gasteiger partial charge in [0.2, 0.25) is 0 Å². The highest BCUT2D eigenvalue weighted by Gasteiger charge is 2.19. The average molecular weight is 460 g/mol. The Morgan fingerprint density at radius 3 is 1.49 bits per heavy atom. The van der Waals surface area contributed by atoms with E-state index in [1.807, 2.05) is 6.07 Å². The Bertz CT molecular complexity index is 1460. The van der Waals surface area contributed by atoms with E-state index in [1.54, 1.807) is 14.2 Å². The monoisotopic (exact) mass is 459 g/mol. The van der Waals surface area contributed by atoms with Crippen molar-refractivity contribution in [3.8, 4) is 44.9 Å². The van der Waals surface area contributed by atoms with Gasteiger partial charge in [-0.05, 0) is 51.4 Å². The summed E-state index contributed by atoms with van der Waals surface area (Å²) in [6.07, 6.45) is 0. The van der Waals surface area contributed by atoms with Crippen LogP contribution in [0, 0.1) is 0 Å². The van der Waals surface area contributed by atoms with Crippen LogP contribution in [-0.2, 0) is 0 Å². The molecule has 5 rings (SSSR count). The summed E-state index contributed by atoms with van der Waals surface area (Å²) >= 11 is 0. The summed E-state index contributed by atoms with van der Waals surface area (Å²) in [4.78, 5) is 2.18. The standard InChI is InChI=1S/C32H29NO2/c1-33(2)32-27(24-13-9-6-10-14-24)19-26(28-20-30(34-3)31(35-4)21-29(28)32)25-17-15-23(16-18-25)22-11-7-5-8-12-22/h5-21H,1-4H3. The maximum absolute atomic E-state index is 5.69. The molecule has 35 heavy (non-hydrogen) atoms. The molecule has 0 aromatic heterocycles. The number of nitrogens with zero attached hydrogens (tertiary/aromatic N) is 1. The van der Waals surface area contributed by atoms with Crippen LogP contribution in [0.2, 0.25) is 0 Å². The highest BCUT2D eigenvalue weighted by atomic mass is 16.5. The van der Waals surface area contributed by atoms with Crippen LogP contribution in [0.25, 0.3) is 44.2 Å². The smallest absolute Gasteiger partial charge is 0.161 e. The summed E-state index contributed by atoms with van der Waals surface area (Å²) < 4.78 is 11.4. The van der Waals surface area contributed by atoms with Crippen molar-refractivity contribution in [2.45, 2.75) is 0 Å². The van der Waals surface area contributed by atoms with E-state index >= 15 is 0 Å². The molecule has 0 atom stereocenters. The van der Waals surface area contributed by atoms with Crippen LogP contribution in [-0.4, -0.2) is 28.3 Å². The van der Waals surface area contributed by atoms with Crippen LogP contribution in [0.1, 0.15) is 0 Å². The van der Waals surface area contributed by atoms with E-state index in [-0.39, 0.29) is 0 Å². The molecule has 0 unspecified atom stereocenters. The zero-order valence-electron chi connectivity index (χ0n) is 20.6. The van der Waals surface area contributed by atoms with Crippen molar-refractivity contribution in [1.82, 2.24) is 0 Å². The molecule has 5 aromatic rings. The van der Waals surface area contributed by atoms with Crippen molar-refractivity contribution in [1.29, 1.82) is 0 Å². The number of anilines is 1. The van der Waals surface area contributed by atoms with E-state index < -0.39 is 0 Å². The average Bonchev–Trinajstić information content (AvgIpc) is 2.92. The molecule has 0 N–H and O–H groups in total. The lowest BCUT2D eigenvalue weighted by Crippen LogP contribution is -2.11. The summed E-state index contributed by atoms with van der Waals surface area (Å²) in [5, 5.41) is 2.25. The first kappa shape index (κ1) is 22.5. The Morgan fingerprint density at radius 1 is 0.486 bits per heavy atom. The second-order valence-corrected chi connectivity index (χ2v) is 8.78. The molecular formula is C32H29NO2. The Balaban J connectivity index is 1.80. The third-order valence-corrected chi connectivity index (χ3v) is 6.45. The highest BCUT2D eigenvalue weighted by Crippen LogP contribution is 2.46. The van der Waals surface area contributed by atoms with Crippen LogP contribution in [0.15, 0.2) is 103 Å². The van der Waals surface area contributed by atoms with Gasteiger partial charge in [-0.1, -0.05) is 84.9 Å². The molecule has 3 nitrogen and oxygen atoms in total.